The van der Waals surface area contributed by atoms with Crippen molar-refractivity contribution in [3.63, 3.8) is 0 Å². The van der Waals surface area contributed by atoms with Crippen molar-refractivity contribution < 1.29 is 23.9 Å². The van der Waals surface area contributed by atoms with Gasteiger partial charge in [-0.15, -0.1) is 5.10 Å². The molecule has 0 aliphatic rings. The third-order valence-electron chi connectivity index (χ3n) is 3.22. The average molecular weight is 377 g/mol. The minimum atomic E-state index is -0.655. The van der Waals surface area contributed by atoms with Gasteiger partial charge in [-0.25, -0.2) is 9.59 Å². The van der Waals surface area contributed by atoms with Gasteiger partial charge in [-0.1, -0.05) is 17.2 Å². The number of benzene rings is 1. The lowest BCUT2D eigenvalue weighted by atomic mass is 10.1. The topological polar surface area (TPSA) is 117 Å². The molecule has 1 amide bonds. The number of methoxy groups -OCH3 is 1. The molecule has 10 heteroatoms. The number of rotatable bonds is 6. The van der Waals surface area contributed by atoms with Crippen LogP contribution in [0.4, 0.5) is 4.79 Å². The van der Waals surface area contributed by atoms with Crippen molar-refractivity contribution in [2.45, 2.75) is 45.8 Å². The summed E-state index contributed by atoms with van der Waals surface area (Å²) in [5.74, 6) is 0.304. The van der Waals surface area contributed by atoms with E-state index in [4.69, 9.17) is 14.3 Å². The maximum atomic E-state index is 12.2. The number of carbonyl (C=O) groups is 2. The van der Waals surface area contributed by atoms with Crippen LogP contribution in [-0.4, -0.2) is 45.1 Å². The number of tetrazole rings is 1. The third-order valence-corrected chi connectivity index (χ3v) is 3.22. The molecule has 0 spiro atoms. The third kappa shape index (κ3) is 6.57. The zero-order chi connectivity index (χ0) is 20.0. The second-order valence-corrected chi connectivity index (χ2v) is 6.73. The Morgan fingerprint density at radius 1 is 1.22 bits per heavy atom. The summed E-state index contributed by atoms with van der Waals surface area (Å²) in [5.41, 5.74) is 0.248. The fraction of sp³-hybridized carbons (Fsp3) is 0.471. The van der Waals surface area contributed by atoms with Crippen LogP contribution in [0, 0.1) is 0 Å². The van der Waals surface area contributed by atoms with Crippen LogP contribution in [0.5, 0.6) is 5.75 Å². The first-order valence-electron chi connectivity index (χ1n) is 8.27. The second-order valence-electron chi connectivity index (χ2n) is 6.73. The molecule has 1 aromatic heterocycles. The quantitative estimate of drug-likeness (QED) is 0.752. The molecule has 0 saturated carbocycles. The molecule has 27 heavy (non-hydrogen) atoms. The van der Waals surface area contributed by atoms with Crippen molar-refractivity contribution in [2.24, 2.45) is 0 Å². The van der Waals surface area contributed by atoms with Crippen LogP contribution in [-0.2, 0) is 16.0 Å². The Labute approximate surface area is 156 Å². The number of aromatic nitrogens is 4. The SMILES string of the molecule is COc1ccc(C[C@H](NC(=O)OC(C)(C)C)c2nnn(OC(C)=O)n2)cc1. The molecule has 0 aliphatic carbocycles. The van der Waals surface area contributed by atoms with E-state index >= 15 is 0 Å². The maximum absolute atomic E-state index is 12.2. The molecule has 1 aromatic carbocycles. The molecular weight excluding hydrogens is 354 g/mol. The Bertz CT molecular complexity index is 782. The molecule has 0 unspecified atom stereocenters. The van der Waals surface area contributed by atoms with Crippen molar-refractivity contribution in [3.05, 3.63) is 35.7 Å². The van der Waals surface area contributed by atoms with E-state index in [0.717, 1.165) is 5.56 Å². The predicted molar refractivity (Wildman–Crippen MR) is 93.9 cm³/mol. The first-order chi connectivity index (χ1) is 12.7. The van der Waals surface area contributed by atoms with E-state index in [1.165, 1.54) is 6.92 Å². The standard InChI is InChI=1S/C17H23N5O5/c1-11(23)27-22-20-15(19-21-22)14(18-16(24)26-17(2,3)4)10-12-6-8-13(25-5)9-7-12/h6-9,14H,10H2,1-5H3,(H,18,24)/t14-/m0/s1. The summed E-state index contributed by atoms with van der Waals surface area (Å²) >= 11 is 0. The van der Waals surface area contributed by atoms with Crippen LogP contribution in [0.1, 0.15) is 45.1 Å². The molecule has 0 bridgehead atoms. The Balaban J connectivity index is 2.20. The molecule has 1 N–H and O–H groups in total. The van der Waals surface area contributed by atoms with E-state index in [-0.39, 0.29) is 5.82 Å². The van der Waals surface area contributed by atoms with E-state index in [1.54, 1.807) is 27.9 Å². The van der Waals surface area contributed by atoms with Gasteiger partial charge in [0.25, 0.3) is 0 Å². The number of ether oxygens (including phenoxy) is 2. The lowest BCUT2D eigenvalue weighted by Gasteiger charge is -2.22. The summed E-state index contributed by atoms with van der Waals surface area (Å²) in [6.45, 7) is 6.51. The summed E-state index contributed by atoms with van der Waals surface area (Å²) < 4.78 is 10.4. The van der Waals surface area contributed by atoms with Gasteiger partial charge in [0.15, 0.2) is 0 Å². The predicted octanol–water partition coefficient (Wildman–Crippen LogP) is 1.47. The molecule has 0 saturated heterocycles. The molecule has 1 heterocycles. The number of carbonyl (C=O) groups excluding carboxylic acids is 2. The lowest BCUT2D eigenvalue weighted by molar-refractivity contribution is -0.145. The van der Waals surface area contributed by atoms with Crippen LogP contribution in [0.15, 0.2) is 24.3 Å². The van der Waals surface area contributed by atoms with Crippen LogP contribution in [0.2, 0.25) is 0 Å². The van der Waals surface area contributed by atoms with Gasteiger partial charge >= 0.3 is 12.1 Å². The van der Waals surface area contributed by atoms with Crippen molar-refractivity contribution in [1.82, 2.24) is 25.7 Å². The van der Waals surface area contributed by atoms with E-state index in [0.29, 0.717) is 17.1 Å². The molecule has 10 nitrogen and oxygen atoms in total. The van der Waals surface area contributed by atoms with E-state index < -0.39 is 23.7 Å². The van der Waals surface area contributed by atoms with Crippen molar-refractivity contribution in [3.8, 4) is 5.75 Å². The smallest absolute Gasteiger partial charge is 0.408 e. The Morgan fingerprint density at radius 2 is 1.89 bits per heavy atom. The minimum Gasteiger partial charge on any atom is -0.497 e. The Kier molecular flexibility index (Phi) is 6.32. The highest BCUT2D eigenvalue weighted by Crippen LogP contribution is 2.19. The first kappa shape index (κ1) is 20.1. The zero-order valence-electron chi connectivity index (χ0n) is 15.9. The monoisotopic (exact) mass is 377 g/mol. The number of hydrogen-bond donors (Lipinski definition) is 1. The maximum Gasteiger partial charge on any atom is 0.408 e. The summed E-state index contributed by atoms with van der Waals surface area (Å²) in [4.78, 5) is 28.7. The number of nitrogens with zero attached hydrogens (tertiary/aromatic N) is 4. The van der Waals surface area contributed by atoms with Gasteiger partial charge in [-0.05, 0) is 43.7 Å². The van der Waals surface area contributed by atoms with Crippen molar-refractivity contribution in [1.29, 1.82) is 0 Å². The van der Waals surface area contributed by atoms with Gasteiger partial charge in [-0.2, -0.15) is 0 Å². The van der Waals surface area contributed by atoms with Crippen LogP contribution in [0.3, 0.4) is 0 Å². The molecule has 1 atom stereocenters. The first-order valence-corrected chi connectivity index (χ1v) is 8.27. The second kappa shape index (κ2) is 8.47. The minimum absolute atomic E-state index is 0.179. The zero-order valence-corrected chi connectivity index (χ0v) is 15.9. The van der Waals surface area contributed by atoms with Gasteiger partial charge in [0.05, 0.1) is 7.11 Å². The molecule has 146 valence electrons. The largest absolute Gasteiger partial charge is 0.497 e. The summed E-state index contributed by atoms with van der Waals surface area (Å²) in [6, 6.07) is 6.70. The fourth-order valence-corrected chi connectivity index (χ4v) is 2.16. The van der Waals surface area contributed by atoms with E-state index in [9.17, 15) is 9.59 Å². The Hall–Kier alpha value is -3.17. The number of nitrogens with one attached hydrogen (secondary N) is 1. The fourth-order valence-electron chi connectivity index (χ4n) is 2.16. The molecule has 0 fully saturated rings. The van der Waals surface area contributed by atoms with Crippen LogP contribution in [0.25, 0.3) is 0 Å². The van der Waals surface area contributed by atoms with Crippen molar-refractivity contribution in [2.75, 3.05) is 7.11 Å². The highest BCUT2D eigenvalue weighted by molar-refractivity contribution is 5.68. The molecule has 2 rings (SSSR count). The van der Waals surface area contributed by atoms with Gasteiger partial charge < -0.3 is 19.6 Å². The van der Waals surface area contributed by atoms with Crippen molar-refractivity contribution >= 4 is 12.1 Å². The van der Waals surface area contributed by atoms with Gasteiger partial charge in [0.1, 0.15) is 17.4 Å². The van der Waals surface area contributed by atoms with Crippen LogP contribution >= 0.6 is 0 Å². The summed E-state index contributed by atoms with van der Waals surface area (Å²) in [5, 5.41) is 14.2. The van der Waals surface area contributed by atoms with Gasteiger partial charge in [0.2, 0.25) is 5.82 Å². The highest BCUT2D eigenvalue weighted by Gasteiger charge is 2.24. The molecular formula is C17H23N5O5. The highest BCUT2D eigenvalue weighted by atomic mass is 16.7. The molecule has 0 aliphatic heterocycles. The number of amides is 1. The number of alkyl carbamates (subject to hydrolysis) is 1. The normalized spacial score (nSPS) is 12.2. The van der Waals surface area contributed by atoms with Crippen LogP contribution < -0.4 is 14.9 Å². The molecule has 2 aromatic rings. The molecule has 0 radical (unpaired) electrons. The summed E-state index contributed by atoms with van der Waals surface area (Å²) in [6.07, 6.45) is -0.250. The van der Waals surface area contributed by atoms with E-state index in [1.807, 2.05) is 24.3 Å². The Morgan fingerprint density at radius 3 is 2.44 bits per heavy atom. The average Bonchev–Trinajstić information content (AvgIpc) is 3.01. The number of hydrogen-bond acceptors (Lipinski definition) is 8. The summed E-state index contributed by atoms with van der Waals surface area (Å²) in [7, 11) is 1.58. The van der Waals surface area contributed by atoms with Gasteiger partial charge in [-0.3, -0.25) is 0 Å². The van der Waals surface area contributed by atoms with Gasteiger partial charge in [0, 0.05) is 18.3 Å². The van der Waals surface area contributed by atoms with E-state index in [2.05, 4.69) is 20.7 Å². The lowest BCUT2D eigenvalue weighted by Crippen LogP contribution is -2.36.